The van der Waals surface area contributed by atoms with Gasteiger partial charge in [-0.2, -0.15) is 0 Å². The number of halogens is 1. The Morgan fingerprint density at radius 2 is 1.94 bits per heavy atom. The summed E-state index contributed by atoms with van der Waals surface area (Å²) in [6.45, 7) is 5.27. The number of aryl methyl sites for hydroxylation is 1. The van der Waals surface area contributed by atoms with E-state index in [1.165, 1.54) is 0 Å². The molecule has 3 N–H and O–H groups in total. The summed E-state index contributed by atoms with van der Waals surface area (Å²) < 4.78 is 17.9. The Hall–Kier alpha value is -1.22. The summed E-state index contributed by atoms with van der Waals surface area (Å²) in [6, 6.07) is 7.23. The molecule has 0 aromatic heterocycles. The van der Waals surface area contributed by atoms with Crippen molar-refractivity contribution in [1.29, 1.82) is 0 Å². The van der Waals surface area contributed by atoms with Crippen LogP contribution in [0.5, 0.6) is 0 Å². The van der Waals surface area contributed by atoms with Crippen molar-refractivity contribution in [2.75, 3.05) is 6.61 Å². The van der Waals surface area contributed by atoms with E-state index in [0.29, 0.717) is 24.3 Å². The summed E-state index contributed by atoms with van der Waals surface area (Å²) in [5.74, 6) is -2.33. The van der Waals surface area contributed by atoms with Crippen molar-refractivity contribution in [3.05, 3.63) is 34.9 Å². The maximum absolute atomic E-state index is 13.0. The number of ether oxygens (including phenoxy) is 3. The third-order valence-corrected chi connectivity index (χ3v) is 9.53. The molecule has 7 nitrogen and oxygen atoms in total. The number of fused-ring (bicyclic) bond motifs is 1. The number of aliphatic hydroxyl groups excluding tert-OH is 1. The molecule has 3 heterocycles. The molecule has 1 spiro atoms. The van der Waals surface area contributed by atoms with Gasteiger partial charge in [-0.1, -0.05) is 37.6 Å². The van der Waals surface area contributed by atoms with Crippen LogP contribution in [0, 0.1) is 16.7 Å². The van der Waals surface area contributed by atoms with E-state index in [9.17, 15) is 20.1 Å². The molecule has 5 fully saturated rings. The Morgan fingerprint density at radius 3 is 2.62 bits per heavy atom. The van der Waals surface area contributed by atoms with E-state index >= 15 is 0 Å². The molecule has 2 aliphatic carbocycles. The number of esters is 1. The van der Waals surface area contributed by atoms with Gasteiger partial charge >= 0.3 is 5.97 Å². The Bertz CT molecular complexity index is 935. The summed E-state index contributed by atoms with van der Waals surface area (Å²) in [7, 11) is 0. The monoisotopic (exact) mass is 466 g/mol. The number of aliphatic hydroxyl groups is 3. The van der Waals surface area contributed by atoms with Crippen LogP contribution >= 0.6 is 11.6 Å². The molecular weight excluding hydrogens is 436 g/mol. The molecule has 6 rings (SSSR count). The zero-order valence-electron chi connectivity index (χ0n) is 18.6. The average molecular weight is 467 g/mol. The van der Waals surface area contributed by atoms with Crippen LogP contribution < -0.4 is 0 Å². The van der Waals surface area contributed by atoms with E-state index in [2.05, 4.69) is 0 Å². The van der Waals surface area contributed by atoms with Crippen LogP contribution in [0.25, 0.3) is 0 Å². The van der Waals surface area contributed by atoms with Crippen molar-refractivity contribution < 1.29 is 34.3 Å². The average Bonchev–Trinajstić information content (AvgIpc) is 2.95. The van der Waals surface area contributed by atoms with E-state index in [-0.39, 0.29) is 25.4 Å². The molecule has 5 aliphatic rings. The summed E-state index contributed by atoms with van der Waals surface area (Å²) in [4.78, 5) is 13.0. The second-order valence-electron chi connectivity index (χ2n) is 10.5. The summed E-state index contributed by atoms with van der Waals surface area (Å²) >= 11 is 5.93. The first kappa shape index (κ1) is 22.6. The molecule has 1 unspecified atom stereocenters. The van der Waals surface area contributed by atoms with Gasteiger partial charge in [0.1, 0.15) is 11.7 Å². The minimum Gasteiger partial charge on any atom is -0.430 e. The van der Waals surface area contributed by atoms with Crippen molar-refractivity contribution >= 4 is 17.6 Å². The lowest BCUT2D eigenvalue weighted by Gasteiger charge is -2.69. The minimum atomic E-state index is -1.74. The van der Waals surface area contributed by atoms with Crippen molar-refractivity contribution in [3.8, 4) is 0 Å². The molecule has 3 aliphatic heterocycles. The number of rotatable bonds is 4. The molecule has 176 valence electrons. The number of hydrogen-bond acceptors (Lipinski definition) is 7. The topological polar surface area (TPSA) is 105 Å². The van der Waals surface area contributed by atoms with E-state index in [4.69, 9.17) is 25.8 Å². The highest BCUT2D eigenvalue weighted by molar-refractivity contribution is 6.30. The van der Waals surface area contributed by atoms with Crippen molar-refractivity contribution in [2.45, 2.75) is 82.3 Å². The molecular formula is C24H31ClO7. The molecule has 8 heteroatoms. The predicted molar refractivity (Wildman–Crippen MR) is 115 cm³/mol. The van der Waals surface area contributed by atoms with Gasteiger partial charge in [0.15, 0.2) is 6.29 Å². The fourth-order valence-electron chi connectivity index (χ4n) is 7.03. The molecule has 8 atom stereocenters. The fraction of sp³-hybridized carbons (Fsp3) is 0.708. The molecule has 4 bridgehead atoms. The molecule has 2 saturated carbocycles. The molecule has 32 heavy (non-hydrogen) atoms. The third kappa shape index (κ3) is 2.53. The van der Waals surface area contributed by atoms with E-state index in [0.717, 1.165) is 5.56 Å². The predicted octanol–water partition coefficient (Wildman–Crippen LogP) is 2.57. The van der Waals surface area contributed by atoms with E-state index in [1.54, 1.807) is 26.0 Å². The van der Waals surface area contributed by atoms with Gasteiger partial charge in [0.25, 0.3) is 0 Å². The lowest BCUT2D eigenvalue weighted by molar-refractivity contribution is -0.447. The van der Waals surface area contributed by atoms with Gasteiger partial charge in [-0.3, -0.25) is 4.79 Å². The van der Waals surface area contributed by atoms with Crippen LogP contribution in [-0.2, 0) is 25.4 Å². The van der Waals surface area contributed by atoms with Crippen molar-refractivity contribution in [1.82, 2.24) is 0 Å². The first-order valence-electron chi connectivity index (χ1n) is 11.3. The van der Waals surface area contributed by atoms with Gasteiger partial charge in [-0.05, 0) is 49.8 Å². The highest BCUT2D eigenvalue weighted by Gasteiger charge is 2.86. The quantitative estimate of drug-likeness (QED) is 0.585. The number of carbonyl (C=O) groups excluding carboxylic acids is 1. The Morgan fingerprint density at radius 1 is 1.25 bits per heavy atom. The minimum absolute atomic E-state index is 0.00791. The first-order valence-corrected chi connectivity index (χ1v) is 11.7. The number of hydrogen-bond donors (Lipinski definition) is 3. The molecule has 3 saturated heterocycles. The van der Waals surface area contributed by atoms with E-state index in [1.807, 2.05) is 19.1 Å². The third-order valence-electron chi connectivity index (χ3n) is 9.28. The highest BCUT2D eigenvalue weighted by atomic mass is 35.5. The lowest BCUT2D eigenvalue weighted by atomic mass is 9.43. The second kappa shape index (κ2) is 6.90. The Labute approximate surface area is 192 Å². The zero-order valence-corrected chi connectivity index (χ0v) is 19.4. The van der Waals surface area contributed by atoms with Gasteiger partial charge in [0, 0.05) is 23.3 Å². The smallest absolute Gasteiger partial charge is 0.308 e. The number of carbonyl (C=O) groups is 1. The summed E-state index contributed by atoms with van der Waals surface area (Å²) in [6.07, 6.45) is -0.547. The fourth-order valence-corrected chi connectivity index (χ4v) is 7.16. The summed E-state index contributed by atoms with van der Waals surface area (Å²) in [5, 5.41) is 35.8. The molecule has 0 radical (unpaired) electrons. The van der Waals surface area contributed by atoms with Gasteiger partial charge in [-0.25, -0.2) is 0 Å². The van der Waals surface area contributed by atoms with Crippen molar-refractivity contribution in [2.24, 2.45) is 16.7 Å². The van der Waals surface area contributed by atoms with Crippen LogP contribution in [0.2, 0.25) is 5.02 Å². The van der Waals surface area contributed by atoms with Crippen LogP contribution in [0.1, 0.15) is 52.0 Å². The van der Waals surface area contributed by atoms with Crippen LogP contribution in [0.15, 0.2) is 24.3 Å². The maximum atomic E-state index is 13.0. The Balaban J connectivity index is 1.49. The van der Waals surface area contributed by atoms with E-state index < -0.39 is 46.2 Å². The Kier molecular flexibility index (Phi) is 4.87. The standard InChI is InChI=1S/C24H31ClO7/c1-14-10-11-23(29)20(2)13-30-19-18(27)22(14,23)12-24(32-19,21(20,3)28)31-17(26)9-6-15-4-7-16(25)8-5-15/h4-5,7-8,14,18-19,27-29H,6,9-13H2,1-3H3/t14-,18+,19?,20+,21-,22-,23+,24-/m1/s1. The molecule has 1 aromatic rings. The largest absolute Gasteiger partial charge is 0.430 e. The summed E-state index contributed by atoms with van der Waals surface area (Å²) in [5.41, 5.74) is -4.43. The van der Waals surface area contributed by atoms with Gasteiger partial charge in [-0.15, -0.1) is 0 Å². The first-order chi connectivity index (χ1) is 14.9. The van der Waals surface area contributed by atoms with Gasteiger partial charge < -0.3 is 29.5 Å². The SMILES string of the molecule is C[C@@H]1CC[C@@]2(O)[C@]13C[C@@]1(OC(=O)CCc4ccc(Cl)cc4)OC(OC[C@@]2(C)[C@@]1(C)O)[C@@H]3O. The highest BCUT2D eigenvalue weighted by Crippen LogP contribution is 2.74. The normalized spacial score (nSPS) is 49.0. The van der Waals surface area contributed by atoms with Crippen molar-refractivity contribution in [3.63, 3.8) is 0 Å². The second-order valence-corrected chi connectivity index (χ2v) is 11.0. The maximum Gasteiger partial charge on any atom is 0.308 e. The number of benzene rings is 1. The van der Waals surface area contributed by atoms with Gasteiger partial charge in [0.2, 0.25) is 5.79 Å². The molecule has 0 amide bonds. The zero-order chi connectivity index (χ0) is 23.2. The van der Waals surface area contributed by atoms with Crippen LogP contribution in [-0.4, -0.2) is 57.3 Å². The molecule has 1 aromatic carbocycles. The van der Waals surface area contributed by atoms with Gasteiger partial charge in [0.05, 0.1) is 17.6 Å². The van der Waals surface area contributed by atoms with Crippen LogP contribution in [0.3, 0.4) is 0 Å². The van der Waals surface area contributed by atoms with Crippen LogP contribution in [0.4, 0.5) is 0 Å². The lowest BCUT2D eigenvalue weighted by Crippen LogP contribution is -2.83.